The normalized spacial score (nSPS) is 21.7. The van der Waals surface area contributed by atoms with Gasteiger partial charge in [-0.2, -0.15) is 31.6 Å². The minimum atomic E-state index is -4.85. The van der Waals surface area contributed by atoms with E-state index in [1.165, 1.54) is 6.07 Å². The van der Waals surface area contributed by atoms with E-state index in [2.05, 4.69) is 5.32 Å². The molecule has 0 aliphatic carbocycles. The fourth-order valence-corrected chi connectivity index (χ4v) is 3.69. The van der Waals surface area contributed by atoms with Crippen molar-refractivity contribution in [2.75, 3.05) is 6.61 Å². The summed E-state index contributed by atoms with van der Waals surface area (Å²) in [6.07, 6.45) is -9.60. The Morgan fingerprint density at radius 2 is 1.74 bits per heavy atom. The number of alkyl halides is 6. The van der Waals surface area contributed by atoms with Crippen LogP contribution in [0.5, 0.6) is 5.75 Å². The molecular formula is C21H19F6N3O. The number of halogens is 6. The SMILES string of the molecule is N#Cc1ccc(C2CC(COc3ccc(CN)cc3)NC2C(F)(F)F)cc1C(F)(F)F. The summed E-state index contributed by atoms with van der Waals surface area (Å²) in [4.78, 5) is 0. The Kier molecular flexibility index (Phi) is 6.48. The molecule has 3 rings (SSSR count). The lowest BCUT2D eigenvalue weighted by atomic mass is 9.88. The van der Waals surface area contributed by atoms with Gasteiger partial charge in [0.15, 0.2) is 0 Å². The molecule has 31 heavy (non-hydrogen) atoms. The van der Waals surface area contributed by atoms with E-state index in [1.54, 1.807) is 24.3 Å². The summed E-state index contributed by atoms with van der Waals surface area (Å²) in [5.41, 5.74) is 4.37. The van der Waals surface area contributed by atoms with Crippen molar-refractivity contribution in [3.05, 3.63) is 64.7 Å². The molecular weight excluding hydrogens is 424 g/mol. The first-order valence-corrected chi connectivity index (χ1v) is 9.38. The summed E-state index contributed by atoms with van der Waals surface area (Å²) in [7, 11) is 0. The quantitative estimate of drug-likeness (QED) is 0.668. The second kappa shape index (κ2) is 8.77. The van der Waals surface area contributed by atoms with Gasteiger partial charge in [-0.05, 0) is 41.8 Å². The molecule has 2 aromatic carbocycles. The highest BCUT2D eigenvalue weighted by atomic mass is 19.4. The third-order valence-electron chi connectivity index (χ3n) is 5.22. The first-order valence-electron chi connectivity index (χ1n) is 9.38. The average molecular weight is 443 g/mol. The van der Waals surface area contributed by atoms with Crippen LogP contribution in [0.15, 0.2) is 42.5 Å². The summed E-state index contributed by atoms with van der Waals surface area (Å²) in [6, 6.07) is 8.12. The maximum atomic E-state index is 13.6. The number of nitrogens with two attached hydrogens (primary N) is 1. The van der Waals surface area contributed by atoms with Crippen molar-refractivity contribution in [2.45, 2.75) is 43.3 Å². The topological polar surface area (TPSA) is 71.1 Å². The Bertz CT molecular complexity index is 950. The molecule has 1 fully saturated rings. The fourth-order valence-electron chi connectivity index (χ4n) is 3.69. The Morgan fingerprint density at radius 3 is 2.29 bits per heavy atom. The maximum Gasteiger partial charge on any atom is 0.417 e. The van der Waals surface area contributed by atoms with Crippen LogP contribution in [0.25, 0.3) is 0 Å². The molecule has 0 amide bonds. The largest absolute Gasteiger partial charge is 0.492 e. The van der Waals surface area contributed by atoms with Crippen LogP contribution in [0, 0.1) is 11.3 Å². The van der Waals surface area contributed by atoms with Crippen molar-refractivity contribution in [3.8, 4) is 11.8 Å². The van der Waals surface area contributed by atoms with Crippen LogP contribution in [0.3, 0.4) is 0 Å². The van der Waals surface area contributed by atoms with E-state index in [4.69, 9.17) is 15.7 Å². The van der Waals surface area contributed by atoms with Gasteiger partial charge in [0, 0.05) is 18.5 Å². The van der Waals surface area contributed by atoms with E-state index in [0.29, 0.717) is 18.4 Å². The highest BCUT2D eigenvalue weighted by Gasteiger charge is 2.51. The molecule has 1 saturated heterocycles. The lowest BCUT2D eigenvalue weighted by molar-refractivity contribution is -0.156. The molecule has 3 unspecified atom stereocenters. The summed E-state index contributed by atoms with van der Waals surface area (Å²) < 4.78 is 86.1. The van der Waals surface area contributed by atoms with E-state index in [1.807, 2.05) is 0 Å². The van der Waals surface area contributed by atoms with E-state index in [9.17, 15) is 26.3 Å². The zero-order valence-electron chi connectivity index (χ0n) is 16.1. The smallest absolute Gasteiger partial charge is 0.417 e. The van der Waals surface area contributed by atoms with Crippen LogP contribution in [0.1, 0.15) is 34.6 Å². The van der Waals surface area contributed by atoms with Gasteiger partial charge in [-0.15, -0.1) is 0 Å². The van der Waals surface area contributed by atoms with Crippen LogP contribution < -0.4 is 15.8 Å². The van der Waals surface area contributed by atoms with Gasteiger partial charge in [-0.25, -0.2) is 0 Å². The van der Waals surface area contributed by atoms with Gasteiger partial charge in [0.2, 0.25) is 0 Å². The third kappa shape index (κ3) is 5.29. The van der Waals surface area contributed by atoms with Crippen molar-refractivity contribution in [3.63, 3.8) is 0 Å². The first-order chi connectivity index (χ1) is 14.5. The second-order valence-electron chi connectivity index (χ2n) is 7.30. The maximum absolute atomic E-state index is 13.6. The summed E-state index contributed by atoms with van der Waals surface area (Å²) in [6.45, 7) is 0.247. The van der Waals surface area contributed by atoms with Crippen LogP contribution in [0.2, 0.25) is 0 Å². The van der Waals surface area contributed by atoms with Gasteiger partial charge in [0.1, 0.15) is 18.4 Å². The lowest BCUT2D eigenvalue weighted by Gasteiger charge is -2.23. The number of hydrogen-bond acceptors (Lipinski definition) is 4. The van der Waals surface area contributed by atoms with Crippen molar-refractivity contribution < 1.29 is 31.1 Å². The van der Waals surface area contributed by atoms with Crippen LogP contribution in [-0.4, -0.2) is 24.9 Å². The van der Waals surface area contributed by atoms with E-state index >= 15 is 0 Å². The molecule has 3 N–H and O–H groups in total. The highest BCUT2D eigenvalue weighted by molar-refractivity contribution is 5.43. The van der Waals surface area contributed by atoms with Crippen LogP contribution >= 0.6 is 0 Å². The molecule has 2 aromatic rings. The van der Waals surface area contributed by atoms with Gasteiger partial charge in [0.05, 0.1) is 17.2 Å². The molecule has 1 aliphatic heterocycles. The van der Waals surface area contributed by atoms with Crippen molar-refractivity contribution in [1.82, 2.24) is 5.32 Å². The number of benzene rings is 2. The Morgan fingerprint density at radius 1 is 1.06 bits per heavy atom. The van der Waals surface area contributed by atoms with Crippen molar-refractivity contribution >= 4 is 0 Å². The van der Waals surface area contributed by atoms with Crippen LogP contribution in [0.4, 0.5) is 26.3 Å². The Hall–Kier alpha value is -2.77. The van der Waals surface area contributed by atoms with Gasteiger partial charge in [-0.3, -0.25) is 5.32 Å². The van der Waals surface area contributed by atoms with Gasteiger partial charge >= 0.3 is 12.4 Å². The molecule has 0 aromatic heterocycles. The monoisotopic (exact) mass is 443 g/mol. The minimum absolute atomic E-state index is 0.0751. The second-order valence-corrected chi connectivity index (χ2v) is 7.30. The van der Waals surface area contributed by atoms with Crippen molar-refractivity contribution in [1.29, 1.82) is 5.26 Å². The van der Waals surface area contributed by atoms with E-state index < -0.39 is 41.5 Å². The summed E-state index contributed by atoms with van der Waals surface area (Å²) in [5, 5.41) is 11.3. The van der Waals surface area contributed by atoms with Gasteiger partial charge in [-0.1, -0.05) is 18.2 Å². The Balaban J connectivity index is 1.81. The molecule has 0 saturated carbocycles. The highest BCUT2D eigenvalue weighted by Crippen LogP contribution is 2.42. The predicted octanol–water partition coefficient (Wildman–Crippen LogP) is 4.49. The van der Waals surface area contributed by atoms with Gasteiger partial charge in [0.25, 0.3) is 0 Å². The van der Waals surface area contributed by atoms with Crippen LogP contribution in [-0.2, 0) is 12.7 Å². The first kappa shape index (κ1) is 22.9. The molecule has 4 nitrogen and oxygen atoms in total. The number of nitrogens with one attached hydrogen (secondary N) is 1. The number of hydrogen-bond donors (Lipinski definition) is 2. The number of rotatable bonds is 5. The number of nitrogens with zero attached hydrogens (tertiary/aromatic N) is 1. The summed E-state index contributed by atoms with van der Waals surface area (Å²) in [5.74, 6) is -0.800. The minimum Gasteiger partial charge on any atom is -0.492 e. The average Bonchev–Trinajstić information content (AvgIpc) is 3.16. The molecule has 0 bridgehead atoms. The predicted molar refractivity (Wildman–Crippen MR) is 100 cm³/mol. The van der Waals surface area contributed by atoms with Crippen molar-refractivity contribution in [2.24, 2.45) is 5.73 Å². The number of nitriles is 1. The molecule has 1 aliphatic rings. The van der Waals surface area contributed by atoms with Gasteiger partial charge < -0.3 is 10.5 Å². The lowest BCUT2D eigenvalue weighted by Crippen LogP contribution is -2.44. The third-order valence-corrected chi connectivity index (χ3v) is 5.22. The molecule has 0 radical (unpaired) electrons. The fraction of sp³-hybridized carbons (Fsp3) is 0.381. The Labute approximate surface area is 174 Å². The summed E-state index contributed by atoms with van der Waals surface area (Å²) >= 11 is 0. The molecule has 1 heterocycles. The standard InChI is InChI=1S/C21H19F6N3O/c22-20(23,24)18-7-13(3-4-14(18)10-29)17-8-15(30-19(17)21(25,26)27)11-31-16-5-1-12(9-28)2-6-16/h1-7,15,17,19,30H,8-9,11,28H2. The zero-order valence-corrected chi connectivity index (χ0v) is 16.1. The molecule has 3 atom stereocenters. The number of ether oxygens (including phenoxy) is 1. The molecule has 166 valence electrons. The molecule has 0 spiro atoms. The van der Waals surface area contributed by atoms with E-state index in [0.717, 1.165) is 17.7 Å². The molecule has 10 heteroatoms. The van der Waals surface area contributed by atoms with E-state index in [-0.39, 0.29) is 18.6 Å². The zero-order chi connectivity index (χ0) is 22.8.